The SMILES string of the molecule is Nc1nc(CCO)nc2c1ncn2C1O[C@H](CO)[C@@H](O)[C@H]1O. The molecule has 2 aromatic rings. The number of anilines is 1. The van der Waals surface area contributed by atoms with Crippen molar-refractivity contribution >= 4 is 17.0 Å². The molecule has 10 nitrogen and oxygen atoms in total. The fourth-order valence-corrected chi connectivity index (χ4v) is 2.49. The van der Waals surface area contributed by atoms with E-state index in [9.17, 15) is 10.2 Å². The number of hydrogen-bond acceptors (Lipinski definition) is 9. The van der Waals surface area contributed by atoms with Crippen molar-refractivity contribution in [1.82, 2.24) is 19.5 Å². The van der Waals surface area contributed by atoms with Crippen LogP contribution < -0.4 is 5.73 Å². The Morgan fingerprint density at radius 1 is 1.23 bits per heavy atom. The summed E-state index contributed by atoms with van der Waals surface area (Å²) in [6, 6.07) is 0. The van der Waals surface area contributed by atoms with E-state index in [4.69, 9.17) is 20.7 Å². The van der Waals surface area contributed by atoms with Crippen molar-refractivity contribution in [1.29, 1.82) is 0 Å². The third-order valence-electron chi connectivity index (χ3n) is 3.62. The summed E-state index contributed by atoms with van der Waals surface area (Å²) in [5.41, 5.74) is 6.47. The highest BCUT2D eigenvalue weighted by molar-refractivity contribution is 5.81. The summed E-state index contributed by atoms with van der Waals surface area (Å²) in [7, 11) is 0. The highest BCUT2D eigenvalue weighted by Crippen LogP contribution is 2.31. The first kappa shape index (κ1) is 15.1. The summed E-state index contributed by atoms with van der Waals surface area (Å²) in [5.74, 6) is 0.486. The Bertz CT molecular complexity index is 677. The van der Waals surface area contributed by atoms with Gasteiger partial charge in [-0.3, -0.25) is 4.57 Å². The number of aliphatic hydroxyl groups excluding tert-OH is 4. The van der Waals surface area contributed by atoms with Gasteiger partial charge < -0.3 is 30.9 Å². The maximum atomic E-state index is 10.1. The van der Waals surface area contributed by atoms with Crippen LogP contribution in [0.15, 0.2) is 6.33 Å². The van der Waals surface area contributed by atoms with Gasteiger partial charge in [-0.15, -0.1) is 0 Å². The van der Waals surface area contributed by atoms with E-state index in [1.807, 2.05) is 0 Å². The number of imidazole rings is 1. The van der Waals surface area contributed by atoms with Gasteiger partial charge in [0.1, 0.15) is 29.7 Å². The Morgan fingerprint density at radius 2 is 2.00 bits per heavy atom. The van der Waals surface area contributed by atoms with Crippen LogP contribution in [0.4, 0.5) is 5.82 Å². The molecule has 0 aliphatic carbocycles. The molecule has 3 rings (SSSR count). The molecule has 120 valence electrons. The Hall–Kier alpha value is -1.85. The minimum absolute atomic E-state index is 0.132. The van der Waals surface area contributed by atoms with Crippen LogP contribution in [-0.2, 0) is 11.2 Å². The zero-order chi connectivity index (χ0) is 15.9. The quantitative estimate of drug-likeness (QED) is 0.413. The molecule has 10 heteroatoms. The van der Waals surface area contributed by atoms with Crippen LogP contribution in [-0.4, -0.2) is 71.5 Å². The van der Waals surface area contributed by atoms with E-state index in [2.05, 4.69) is 15.0 Å². The Labute approximate surface area is 124 Å². The number of ether oxygens (including phenoxy) is 1. The van der Waals surface area contributed by atoms with Gasteiger partial charge in [0.15, 0.2) is 17.7 Å². The van der Waals surface area contributed by atoms with Gasteiger partial charge in [0.05, 0.1) is 19.5 Å². The molecule has 1 aliphatic rings. The van der Waals surface area contributed by atoms with Crippen molar-refractivity contribution in [3.63, 3.8) is 0 Å². The predicted octanol–water partition coefficient (Wildman–Crippen LogP) is -2.45. The lowest BCUT2D eigenvalue weighted by Gasteiger charge is -2.16. The molecule has 1 aliphatic heterocycles. The van der Waals surface area contributed by atoms with Gasteiger partial charge in [-0.25, -0.2) is 15.0 Å². The number of nitrogens with zero attached hydrogens (tertiary/aromatic N) is 4. The third-order valence-corrected chi connectivity index (χ3v) is 3.62. The zero-order valence-corrected chi connectivity index (χ0v) is 11.6. The number of aromatic nitrogens is 4. The molecule has 0 bridgehead atoms. The first-order valence-corrected chi connectivity index (χ1v) is 6.79. The number of rotatable bonds is 4. The fourth-order valence-electron chi connectivity index (χ4n) is 2.49. The molecule has 22 heavy (non-hydrogen) atoms. The second-order valence-corrected chi connectivity index (χ2v) is 5.05. The molecule has 0 saturated carbocycles. The summed E-state index contributed by atoms with van der Waals surface area (Å²) in [5, 5.41) is 38.1. The van der Waals surface area contributed by atoms with Crippen LogP contribution in [0.2, 0.25) is 0 Å². The standard InChI is InChI=1S/C12H17N5O5/c13-10-7-11(16-6(15-10)1-2-18)17(4-14-7)12-9(21)8(20)5(3-19)22-12/h4-5,8-9,12,18-21H,1-3H2,(H2,13,15,16)/t5-,8-,9-,12?/m1/s1. The summed E-state index contributed by atoms with van der Waals surface area (Å²) >= 11 is 0. The first-order chi connectivity index (χ1) is 10.6. The van der Waals surface area contributed by atoms with E-state index in [0.717, 1.165) is 0 Å². The lowest BCUT2D eigenvalue weighted by atomic mass is 10.1. The van der Waals surface area contributed by atoms with E-state index in [1.165, 1.54) is 10.9 Å². The van der Waals surface area contributed by atoms with Crippen LogP contribution >= 0.6 is 0 Å². The minimum atomic E-state index is -1.24. The molecule has 1 saturated heterocycles. The summed E-state index contributed by atoms with van der Waals surface area (Å²) in [6.07, 6.45) is -2.71. The second kappa shape index (κ2) is 5.74. The van der Waals surface area contributed by atoms with Gasteiger partial charge in [0, 0.05) is 6.42 Å². The van der Waals surface area contributed by atoms with Crippen LogP contribution in [0, 0.1) is 0 Å². The molecule has 1 fully saturated rings. The Morgan fingerprint density at radius 3 is 2.64 bits per heavy atom. The number of aliphatic hydroxyl groups is 4. The van der Waals surface area contributed by atoms with E-state index < -0.39 is 31.1 Å². The largest absolute Gasteiger partial charge is 0.396 e. The van der Waals surface area contributed by atoms with Crippen LogP contribution in [0.1, 0.15) is 12.1 Å². The molecule has 1 unspecified atom stereocenters. The van der Waals surface area contributed by atoms with Crippen molar-refractivity contribution in [2.24, 2.45) is 0 Å². The van der Waals surface area contributed by atoms with Crippen molar-refractivity contribution in [3.8, 4) is 0 Å². The maximum absolute atomic E-state index is 10.1. The van der Waals surface area contributed by atoms with E-state index in [0.29, 0.717) is 17.0 Å². The average Bonchev–Trinajstić information content (AvgIpc) is 3.03. The molecular weight excluding hydrogens is 294 g/mol. The van der Waals surface area contributed by atoms with Gasteiger partial charge in [-0.05, 0) is 0 Å². The van der Waals surface area contributed by atoms with Gasteiger partial charge in [-0.1, -0.05) is 0 Å². The first-order valence-electron chi connectivity index (χ1n) is 6.79. The molecule has 3 heterocycles. The van der Waals surface area contributed by atoms with Gasteiger partial charge >= 0.3 is 0 Å². The van der Waals surface area contributed by atoms with E-state index in [1.54, 1.807) is 0 Å². The van der Waals surface area contributed by atoms with E-state index >= 15 is 0 Å². The number of nitrogen functional groups attached to an aromatic ring is 1. The van der Waals surface area contributed by atoms with Crippen LogP contribution in [0.25, 0.3) is 11.2 Å². The maximum Gasteiger partial charge on any atom is 0.167 e. The average molecular weight is 311 g/mol. The van der Waals surface area contributed by atoms with Gasteiger partial charge in [0.2, 0.25) is 0 Å². The van der Waals surface area contributed by atoms with Crippen LogP contribution in [0.3, 0.4) is 0 Å². The monoisotopic (exact) mass is 311 g/mol. The number of nitrogens with two attached hydrogens (primary N) is 1. The topological polar surface area (TPSA) is 160 Å². The zero-order valence-electron chi connectivity index (χ0n) is 11.6. The van der Waals surface area contributed by atoms with Gasteiger partial charge in [0.25, 0.3) is 0 Å². The lowest BCUT2D eigenvalue weighted by Crippen LogP contribution is -2.33. The van der Waals surface area contributed by atoms with Crippen molar-refractivity contribution in [3.05, 3.63) is 12.2 Å². The summed E-state index contributed by atoms with van der Waals surface area (Å²) in [6.45, 7) is -0.554. The summed E-state index contributed by atoms with van der Waals surface area (Å²) < 4.78 is 6.88. The lowest BCUT2D eigenvalue weighted by molar-refractivity contribution is -0.0511. The van der Waals surface area contributed by atoms with E-state index in [-0.39, 0.29) is 18.8 Å². The van der Waals surface area contributed by atoms with Crippen LogP contribution in [0.5, 0.6) is 0 Å². The van der Waals surface area contributed by atoms with Gasteiger partial charge in [-0.2, -0.15) is 0 Å². The second-order valence-electron chi connectivity index (χ2n) is 5.05. The summed E-state index contributed by atoms with van der Waals surface area (Å²) in [4.78, 5) is 12.4. The molecule has 0 amide bonds. The molecule has 0 aromatic carbocycles. The van der Waals surface area contributed by atoms with Crippen molar-refractivity contribution in [2.45, 2.75) is 31.0 Å². The molecule has 0 radical (unpaired) electrons. The fraction of sp³-hybridized carbons (Fsp3) is 0.583. The number of hydrogen-bond donors (Lipinski definition) is 5. The molecule has 2 aromatic heterocycles. The molecule has 6 N–H and O–H groups in total. The molecule has 4 atom stereocenters. The normalized spacial score (nSPS) is 28.5. The minimum Gasteiger partial charge on any atom is -0.396 e. The number of fused-ring (bicyclic) bond motifs is 1. The Kier molecular flexibility index (Phi) is 3.93. The smallest absolute Gasteiger partial charge is 0.167 e. The van der Waals surface area contributed by atoms with Crippen molar-refractivity contribution < 1.29 is 25.2 Å². The van der Waals surface area contributed by atoms with Crippen molar-refractivity contribution in [2.75, 3.05) is 18.9 Å². The third kappa shape index (κ3) is 2.30. The predicted molar refractivity (Wildman–Crippen MR) is 73.5 cm³/mol. The molecular formula is C12H17N5O5. The highest BCUT2D eigenvalue weighted by atomic mass is 16.6. The Balaban J connectivity index is 2.04. The highest BCUT2D eigenvalue weighted by Gasteiger charge is 2.44. The molecule has 0 spiro atoms.